The van der Waals surface area contributed by atoms with Crippen LogP contribution in [0.3, 0.4) is 0 Å². The van der Waals surface area contributed by atoms with Crippen molar-refractivity contribution in [3.05, 3.63) is 17.7 Å². The second-order valence-electron chi connectivity index (χ2n) is 5.72. The van der Waals surface area contributed by atoms with Crippen LogP contribution in [-0.4, -0.2) is 42.7 Å². The third-order valence-corrected chi connectivity index (χ3v) is 3.55. The van der Waals surface area contributed by atoms with Gasteiger partial charge in [-0.25, -0.2) is 0 Å². The standard InChI is InChI=1S/C15H19NO4S/c1-15(2)8-10(17)9-6-12(18-5)13(7-11(9)20-15)19-14(21)16(3)4/h6-7H,8H2,1-5H3. The van der Waals surface area contributed by atoms with Crippen molar-refractivity contribution in [1.82, 2.24) is 4.90 Å². The van der Waals surface area contributed by atoms with Crippen LogP contribution in [0.5, 0.6) is 17.2 Å². The number of ether oxygens (including phenoxy) is 3. The van der Waals surface area contributed by atoms with Crippen molar-refractivity contribution in [3.63, 3.8) is 0 Å². The number of carbonyl (C=O) groups excluding carboxylic acids is 1. The molecule has 0 bridgehead atoms. The molecule has 0 fully saturated rings. The van der Waals surface area contributed by atoms with E-state index in [1.54, 1.807) is 31.1 Å². The number of thiocarbonyl (C=S) groups is 1. The first kappa shape index (κ1) is 15.6. The van der Waals surface area contributed by atoms with Gasteiger partial charge in [-0.3, -0.25) is 4.79 Å². The zero-order valence-corrected chi connectivity index (χ0v) is 13.7. The van der Waals surface area contributed by atoms with E-state index >= 15 is 0 Å². The molecule has 6 heteroatoms. The summed E-state index contributed by atoms with van der Waals surface area (Å²) in [5.41, 5.74) is -0.0212. The molecule has 0 atom stereocenters. The molecule has 1 aromatic carbocycles. The zero-order chi connectivity index (χ0) is 15.8. The topological polar surface area (TPSA) is 48.0 Å². The Balaban J connectivity index is 2.44. The Bertz CT molecular complexity index is 596. The Morgan fingerprint density at radius 1 is 1.33 bits per heavy atom. The van der Waals surface area contributed by atoms with Crippen molar-refractivity contribution in [3.8, 4) is 17.2 Å². The van der Waals surface area contributed by atoms with Crippen LogP contribution in [0, 0.1) is 0 Å². The second-order valence-corrected chi connectivity index (χ2v) is 6.07. The molecule has 0 saturated carbocycles. The highest BCUT2D eigenvalue weighted by molar-refractivity contribution is 7.80. The molecule has 1 aliphatic rings. The predicted molar refractivity (Wildman–Crippen MR) is 83.6 cm³/mol. The van der Waals surface area contributed by atoms with Crippen LogP contribution in [0.2, 0.25) is 0 Å². The van der Waals surface area contributed by atoms with Gasteiger partial charge in [-0.05, 0) is 32.1 Å². The van der Waals surface area contributed by atoms with Crippen molar-refractivity contribution in [1.29, 1.82) is 0 Å². The van der Waals surface area contributed by atoms with Crippen LogP contribution in [0.1, 0.15) is 30.6 Å². The molecule has 0 aromatic heterocycles. The molecule has 0 N–H and O–H groups in total. The molecule has 0 spiro atoms. The summed E-state index contributed by atoms with van der Waals surface area (Å²) in [7, 11) is 5.10. The molecule has 0 amide bonds. The number of Topliss-reactive ketones (excluding diaryl/α,β-unsaturated/α-hetero) is 1. The molecule has 0 aliphatic carbocycles. The first-order valence-corrected chi connectivity index (χ1v) is 6.98. The first-order chi connectivity index (χ1) is 9.73. The molecular formula is C15H19NO4S. The molecule has 0 unspecified atom stereocenters. The van der Waals surface area contributed by atoms with E-state index in [0.717, 1.165) is 0 Å². The van der Waals surface area contributed by atoms with Gasteiger partial charge >= 0.3 is 0 Å². The SMILES string of the molecule is COc1cc2c(cc1OC(=S)N(C)C)OC(C)(C)CC2=O. The Kier molecular flexibility index (Phi) is 4.09. The lowest BCUT2D eigenvalue weighted by Gasteiger charge is -2.32. The van der Waals surface area contributed by atoms with Crippen LogP contribution in [0.15, 0.2) is 12.1 Å². The molecule has 2 rings (SSSR count). The van der Waals surface area contributed by atoms with Crippen LogP contribution >= 0.6 is 12.2 Å². The minimum atomic E-state index is -0.530. The minimum absolute atomic E-state index is 0.0290. The van der Waals surface area contributed by atoms with Crippen molar-refractivity contribution >= 4 is 23.2 Å². The number of hydrogen-bond donors (Lipinski definition) is 0. The molecule has 0 saturated heterocycles. The highest BCUT2D eigenvalue weighted by atomic mass is 32.1. The van der Waals surface area contributed by atoms with E-state index < -0.39 is 5.60 Å². The molecule has 114 valence electrons. The average Bonchev–Trinajstić information content (AvgIpc) is 2.36. The van der Waals surface area contributed by atoms with Gasteiger partial charge in [0.25, 0.3) is 5.17 Å². The Morgan fingerprint density at radius 3 is 2.57 bits per heavy atom. The molecule has 5 nitrogen and oxygen atoms in total. The zero-order valence-electron chi connectivity index (χ0n) is 12.9. The van der Waals surface area contributed by atoms with Gasteiger partial charge in [0.05, 0.1) is 19.1 Å². The Labute approximate surface area is 129 Å². The highest BCUT2D eigenvalue weighted by Crippen LogP contribution is 2.40. The Morgan fingerprint density at radius 2 is 2.00 bits per heavy atom. The normalized spacial score (nSPS) is 15.8. The van der Waals surface area contributed by atoms with E-state index in [1.165, 1.54) is 7.11 Å². The number of rotatable bonds is 2. The van der Waals surface area contributed by atoms with Crippen molar-refractivity contribution in [2.45, 2.75) is 25.9 Å². The third-order valence-electron chi connectivity index (χ3n) is 3.10. The third kappa shape index (κ3) is 3.26. The van der Waals surface area contributed by atoms with Gasteiger partial charge in [0.2, 0.25) is 0 Å². The molecule has 0 radical (unpaired) electrons. The lowest BCUT2D eigenvalue weighted by Crippen LogP contribution is -2.36. The number of hydrogen-bond acceptors (Lipinski definition) is 5. The lowest BCUT2D eigenvalue weighted by molar-refractivity contribution is 0.0618. The van der Waals surface area contributed by atoms with Gasteiger partial charge in [0, 0.05) is 20.2 Å². The molecule has 1 aliphatic heterocycles. The van der Waals surface area contributed by atoms with E-state index in [0.29, 0.717) is 34.4 Å². The highest BCUT2D eigenvalue weighted by Gasteiger charge is 2.33. The number of carbonyl (C=O) groups is 1. The van der Waals surface area contributed by atoms with E-state index in [4.69, 9.17) is 26.4 Å². The van der Waals surface area contributed by atoms with Gasteiger partial charge in [-0.2, -0.15) is 0 Å². The fraction of sp³-hybridized carbons (Fsp3) is 0.467. The summed E-state index contributed by atoms with van der Waals surface area (Å²) < 4.78 is 16.7. The predicted octanol–water partition coefficient (Wildman–Crippen LogP) is 2.66. The summed E-state index contributed by atoms with van der Waals surface area (Å²) >= 11 is 5.13. The van der Waals surface area contributed by atoms with Crippen LogP contribution in [0.4, 0.5) is 0 Å². The minimum Gasteiger partial charge on any atom is -0.493 e. The quantitative estimate of drug-likeness (QED) is 0.783. The van der Waals surface area contributed by atoms with E-state index in [-0.39, 0.29) is 5.78 Å². The average molecular weight is 309 g/mol. The van der Waals surface area contributed by atoms with E-state index in [1.807, 2.05) is 13.8 Å². The maximum atomic E-state index is 12.2. The smallest absolute Gasteiger partial charge is 0.264 e. The van der Waals surface area contributed by atoms with Crippen molar-refractivity contribution in [2.75, 3.05) is 21.2 Å². The van der Waals surface area contributed by atoms with E-state index in [2.05, 4.69) is 0 Å². The van der Waals surface area contributed by atoms with Gasteiger partial charge < -0.3 is 19.1 Å². The summed E-state index contributed by atoms with van der Waals surface area (Å²) in [5.74, 6) is 1.41. The lowest BCUT2D eigenvalue weighted by atomic mass is 9.93. The number of nitrogens with zero attached hydrogens (tertiary/aromatic N) is 1. The molecule has 21 heavy (non-hydrogen) atoms. The Hall–Kier alpha value is -1.82. The number of ketones is 1. The maximum Gasteiger partial charge on any atom is 0.264 e. The number of benzene rings is 1. The van der Waals surface area contributed by atoms with Gasteiger partial charge in [0.1, 0.15) is 11.4 Å². The second kappa shape index (κ2) is 5.52. The summed E-state index contributed by atoms with van der Waals surface area (Å²) in [6, 6.07) is 3.29. The monoisotopic (exact) mass is 309 g/mol. The first-order valence-electron chi connectivity index (χ1n) is 6.57. The fourth-order valence-electron chi connectivity index (χ4n) is 2.08. The fourth-order valence-corrected chi connectivity index (χ4v) is 2.17. The largest absolute Gasteiger partial charge is 0.493 e. The van der Waals surface area contributed by atoms with Gasteiger partial charge in [-0.15, -0.1) is 0 Å². The summed E-state index contributed by atoms with van der Waals surface area (Å²) in [6.45, 7) is 3.76. The van der Waals surface area contributed by atoms with Crippen molar-refractivity contribution in [2.24, 2.45) is 0 Å². The number of fused-ring (bicyclic) bond motifs is 1. The van der Waals surface area contributed by atoms with E-state index in [9.17, 15) is 4.79 Å². The molecular weight excluding hydrogens is 290 g/mol. The summed E-state index contributed by atoms with van der Waals surface area (Å²) in [6.07, 6.45) is 0.333. The van der Waals surface area contributed by atoms with Crippen LogP contribution in [0.25, 0.3) is 0 Å². The van der Waals surface area contributed by atoms with Gasteiger partial charge in [0.15, 0.2) is 17.3 Å². The molecule has 1 heterocycles. The number of methoxy groups -OCH3 is 1. The van der Waals surface area contributed by atoms with Crippen molar-refractivity contribution < 1.29 is 19.0 Å². The van der Waals surface area contributed by atoms with Crippen LogP contribution < -0.4 is 14.2 Å². The van der Waals surface area contributed by atoms with Gasteiger partial charge in [-0.1, -0.05) is 0 Å². The maximum absolute atomic E-state index is 12.2. The summed E-state index contributed by atoms with van der Waals surface area (Å²) in [5, 5.41) is 0.301. The summed E-state index contributed by atoms with van der Waals surface area (Å²) in [4.78, 5) is 13.9. The van der Waals surface area contributed by atoms with Crippen LogP contribution in [-0.2, 0) is 0 Å². The molecule has 1 aromatic rings.